The molecule has 164 valence electrons. The largest absolute Gasteiger partial charge is 0.358 e. The number of halogens is 1. The van der Waals surface area contributed by atoms with Crippen molar-refractivity contribution in [2.24, 2.45) is 0 Å². The van der Waals surface area contributed by atoms with Gasteiger partial charge >= 0.3 is 0 Å². The van der Waals surface area contributed by atoms with Crippen LogP contribution in [0.2, 0.25) is 5.02 Å². The van der Waals surface area contributed by atoms with E-state index in [1.165, 1.54) is 0 Å². The van der Waals surface area contributed by atoms with Crippen LogP contribution < -0.4 is 10.6 Å². The maximum atomic E-state index is 13.5. The van der Waals surface area contributed by atoms with E-state index in [0.717, 1.165) is 22.0 Å². The van der Waals surface area contributed by atoms with Gasteiger partial charge in [-0.3, -0.25) is 14.4 Å². The molecule has 1 fully saturated rings. The minimum absolute atomic E-state index is 0.0467. The molecule has 0 unspecified atom stereocenters. The highest BCUT2D eigenvalue weighted by Gasteiger charge is 2.45. The zero-order valence-corrected chi connectivity index (χ0v) is 18.4. The first-order chi connectivity index (χ1) is 15.4. The summed E-state index contributed by atoms with van der Waals surface area (Å²) in [5.74, 6) is -0.286. The number of benzene rings is 2. The van der Waals surface area contributed by atoms with Gasteiger partial charge < -0.3 is 20.1 Å². The number of likely N-dealkylation sites (tertiary alicyclic amines) is 1. The van der Waals surface area contributed by atoms with Crippen molar-refractivity contribution in [2.75, 3.05) is 20.1 Å². The van der Waals surface area contributed by atoms with Crippen LogP contribution in [-0.4, -0.2) is 47.3 Å². The van der Waals surface area contributed by atoms with Crippen LogP contribution in [-0.2, 0) is 16.9 Å². The van der Waals surface area contributed by atoms with Gasteiger partial charge in [-0.2, -0.15) is 0 Å². The topological polar surface area (TPSA) is 83.4 Å². The summed E-state index contributed by atoms with van der Waals surface area (Å²) >= 11 is 6.18. The van der Waals surface area contributed by atoms with Gasteiger partial charge in [-0.15, -0.1) is 0 Å². The van der Waals surface area contributed by atoms with Crippen molar-refractivity contribution in [3.8, 4) is 0 Å². The van der Waals surface area contributed by atoms with E-state index in [9.17, 15) is 14.4 Å². The molecule has 32 heavy (non-hydrogen) atoms. The lowest BCUT2D eigenvalue weighted by Crippen LogP contribution is -2.50. The number of likely N-dealkylation sites (N-methyl/N-ethyl adjacent to an activating group) is 1. The van der Waals surface area contributed by atoms with Crippen LogP contribution in [0.25, 0.3) is 10.9 Å². The maximum Gasteiger partial charge on any atom is 0.256 e. The van der Waals surface area contributed by atoms with Crippen LogP contribution >= 0.6 is 11.6 Å². The summed E-state index contributed by atoms with van der Waals surface area (Å²) < 4.78 is 1.76. The molecule has 3 heterocycles. The fourth-order valence-electron chi connectivity index (χ4n) is 4.91. The van der Waals surface area contributed by atoms with Crippen molar-refractivity contribution >= 4 is 40.2 Å². The van der Waals surface area contributed by atoms with Crippen LogP contribution in [0, 0.1) is 0 Å². The van der Waals surface area contributed by atoms with Gasteiger partial charge in [0.1, 0.15) is 6.54 Å². The molecule has 2 N–H and O–H groups in total. The number of aromatic nitrogens is 1. The molecule has 1 spiro atoms. The number of carbonyl (C=O) groups is 3. The summed E-state index contributed by atoms with van der Waals surface area (Å²) in [7, 11) is 1.58. The highest BCUT2D eigenvalue weighted by atomic mass is 35.5. The second-order valence-electron chi connectivity index (χ2n) is 8.38. The molecule has 2 aliphatic heterocycles. The van der Waals surface area contributed by atoms with Crippen molar-refractivity contribution < 1.29 is 14.4 Å². The fourth-order valence-corrected chi connectivity index (χ4v) is 5.07. The van der Waals surface area contributed by atoms with Crippen LogP contribution in [0.4, 0.5) is 0 Å². The summed E-state index contributed by atoms with van der Waals surface area (Å²) in [6.07, 6.45) is 3.05. The molecule has 0 atom stereocenters. The molecule has 3 amide bonds. The Morgan fingerprint density at radius 3 is 2.66 bits per heavy atom. The van der Waals surface area contributed by atoms with Gasteiger partial charge in [0.25, 0.3) is 11.8 Å². The average Bonchev–Trinajstić information content (AvgIpc) is 3.29. The van der Waals surface area contributed by atoms with E-state index in [-0.39, 0.29) is 24.3 Å². The second kappa shape index (κ2) is 7.67. The third-order valence-corrected chi connectivity index (χ3v) is 6.85. The number of rotatable bonds is 3. The number of hydrogen-bond donors (Lipinski definition) is 2. The van der Waals surface area contributed by atoms with Crippen LogP contribution in [0.1, 0.15) is 39.1 Å². The molecule has 2 aliphatic rings. The van der Waals surface area contributed by atoms with E-state index in [1.807, 2.05) is 35.2 Å². The highest BCUT2D eigenvalue weighted by molar-refractivity contribution is 6.31. The van der Waals surface area contributed by atoms with Crippen molar-refractivity contribution in [1.82, 2.24) is 20.1 Å². The second-order valence-corrected chi connectivity index (χ2v) is 8.82. The smallest absolute Gasteiger partial charge is 0.256 e. The van der Waals surface area contributed by atoms with E-state index >= 15 is 0 Å². The van der Waals surface area contributed by atoms with Gasteiger partial charge in [-0.1, -0.05) is 35.9 Å². The molecule has 0 aliphatic carbocycles. The quantitative estimate of drug-likeness (QED) is 0.643. The normalized spacial score (nSPS) is 16.8. The Morgan fingerprint density at radius 2 is 1.91 bits per heavy atom. The number of nitrogens with one attached hydrogen (secondary N) is 2. The van der Waals surface area contributed by atoms with Gasteiger partial charge in [-0.25, -0.2) is 0 Å². The Hall–Kier alpha value is -3.32. The first-order valence-electron chi connectivity index (χ1n) is 10.6. The number of hydrogen-bond acceptors (Lipinski definition) is 3. The number of nitrogens with zero attached hydrogens (tertiary/aromatic N) is 2. The number of carbonyl (C=O) groups excluding carboxylic acids is 3. The Morgan fingerprint density at radius 1 is 1.16 bits per heavy atom. The van der Waals surface area contributed by atoms with Crippen molar-refractivity contribution in [2.45, 2.75) is 24.9 Å². The number of amides is 3. The molecule has 5 rings (SSSR count). The average molecular weight is 451 g/mol. The van der Waals surface area contributed by atoms with Crippen LogP contribution in [0.3, 0.4) is 0 Å². The predicted molar refractivity (Wildman–Crippen MR) is 122 cm³/mol. The summed E-state index contributed by atoms with van der Waals surface area (Å²) in [6.45, 7) is 1.17. The molecule has 7 nitrogen and oxygen atoms in total. The van der Waals surface area contributed by atoms with Gasteiger partial charge in [0.15, 0.2) is 0 Å². The van der Waals surface area contributed by atoms with Crippen molar-refractivity contribution in [3.05, 3.63) is 70.4 Å². The molecule has 0 radical (unpaired) electrons. The Labute approximate surface area is 190 Å². The van der Waals surface area contributed by atoms with E-state index in [0.29, 0.717) is 36.5 Å². The fraction of sp³-hybridized carbons (Fsp3) is 0.292. The lowest BCUT2D eigenvalue weighted by molar-refractivity contribution is -0.121. The zero-order valence-electron chi connectivity index (χ0n) is 17.7. The highest BCUT2D eigenvalue weighted by Crippen LogP contribution is 2.40. The summed E-state index contributed by atoms with van der Waals surface area (Å²) in [5, 5.41) is 7.08. The standard InChI is InChI=1S/C24H23ClN4O3/c1-26-21(30)14-29-13-18(16-7-6-15(25)12-20(16)29)23(32)28-10-8-24(9-11-28)19-5-3-2-4-17(19)22(31)27-24/h2-7,12-13H,8-11,14H2,1H3,(H,26,30)(H,27,31). The maximum absolute atomic E-state index is 13.5. The third-order valence-electron chi connectivity index (χ3n) is 6.61. The zero-order chi connectivity index (χ0) is 22.5. The van der Waals surface area contributed by atoms with E-state index in [4.69, 9.17) is 11.6 Å². The third kappa shape index (κ3) is 3.24. The van der Waals surface area contributed by atoms with Gasteiger partial charge in [0, 0.05) is 42.3 Å². The molecular formula is C24H23ClN4O3. The van der Waals surface area contributed by atoms with E-state index < -0.39 is 5.54 Å². The summed E-state index contributed by atoms with van der Waals surface area (Å²) in [4.78, 5) is 39.7. The molecule has 8 heteroatoms. The Balaban J connectivity index is 1.42. The molecule has 1 aromatic heterocycles. The van der Waals surface area contributed by atoms with E-state index in [2.05, 4.69) is 10.6 Å². The van der Waals surface area contributed by atoms with Gasteiger partial charge in [0.05, 0.1) is 16.6 Å². The number of fused-ring (bicyclic) bond motifs is 3. The number of piperidine rings is 1. The summed E-state index contributed by atoms with van der Waals surface area (Å²) in [6, 6.07) is 13.0. The lowest BCUT2D eigenvalue weighted by atomic mass is 9.81. The van der Waals surface area contributed by atoms with Crippen molar-refractivity contribution in [1.29, 1.82) is 0 Å². The molecule has 0 saturated carbocycles. The summed E-state index contributed by atoms with van der Waals surface area (Å²) in [5.41, 5.74) is 2.63. The first kappa shape index (κ1) is 20.6. The minimum atomic E-state index is -0.412. The van der Waals surface area contributed by atoms with Crippen LogP contribution in [0.15, 0.2) is 48.7 Å². The Kier molecular flexibility index (Phi) is 4.93. The van der Waals surface area contributed by atoms with Gasteiger partial charge in [-0.05, 0) is 36.6 Å². The first-order valence-corrected chi connectivity index (χ1v) is 11.0. The molecule has 0 bridgehead atoms. The lowest BCUT2D eigenvalue weighted by Gasteiger charge is -2.39. The molecule has 1 saturated heterocycles. The van der Waals surface area contributed by atoms with E-state index in [1.54, 1.807) is 29.9 Å². The Bertz CT molecular complexity index is 1260. The molecule has 2 aromatic carbocycles. The minimum Gasteiger partial charge on any atom is -0.358 e. The van der Waals surface area contributed by atoms with Gasteiger partial charge in [0.2, 0.25) is 5.91 Å². The SMILES string of the molecule is CNC(=O)Cn1cc(C(=O)N2CCC3(CC2)NC(=O)c2ccccc23)c2ccc(Cl)cc21. The molecular weight excluding hydrogens is 428 g/mol. The monoisotopic (exact) mass is 450 g/mol. The predicted octanol–water partition coefficient (Wildman–Crippen LogP) is 2.92. The van der Waals surface area contributed by atoms with Crippen LogP contribution in [0.5, 0.6) is 0 Å². The van der Waals surface area contributed by atoms with Crippen molar-refractivity contribution in [3.63, 3.8) is 0 Å². The molecule has 3 aromatic rings.